The molecule has 0 radical (unpaired) electrons. The Bertz CT molecular complexity index is 3940. The first-order valence-electron chi connectivity index (χ1n) is 24.6. The van der Waals surface area contributed by atoms with Crippen molar-refractivity contribution in [3.8, 4) is 33.4 Å². The van der Waals surface area contributed by atoms with Gasteiger partial charge in [0, 0.05) is 52.0 Å². The average Bonchev–Trinajstić information content (AvgIpc) is 3.48. The summed E-state index contributed by atoms with van der Waals surface area (Å²) in [5, 5.41) is 0. The van der Waals surface area contributed by atoms with E-state index in [1.54, 1.807) is 18.6 Å². The summed E-state index contributed by atoms with van der Waals surface area (Å²) in [4.78, 5) is 4.19. The highest BCUT2D eigenvalue weighted by Crippen LogP contribution is 2.43. The van der Waals surface area contributed by atoms with Gasteiger partial charge in [-0.15, -0.1) is 0 Å². The molecule has 3 heterocycles. The van der Waals surface area contributed by atoms with E-state index in [1.165, 1.54) is 0 Å². The van der Waals surface area contributed by atoms with Crippen LogP contribution in [0.2, 0.25) is 0 Å². The van der Waals surface area contributed by atoms with E-state index in [0.717, 1.165) is 83.5 Å². The molecule has 6 nitrogen and oxygen atoms in total. The van der Waals surface area contributed by atoms with Crippen molar-refractivity contribution in [1.82, 2.24) is 0 Å². The van der Waals surface area contributed by atoms with Crippen LogP contribution in [0.3, 0.4) is 0 Å². The Balaban J connectivity index is 0.887. The predicted molar refractivity (Wildman–Crippen MR) is 304 cm³/mol. The molecule has 0 aromatic heterocycles. The second-order valence-corrected chi connectivity index (χ2v) is 25.0. The fraction of sp³-hybridized carbons (Fsp3) is 0. The van der Waals surface area contributed by atoms with Gasteiger partial charge in [-0.2, -0.15) is 13.1 Å². The lowest BCUT2D eigenvalue weighted by atomic mass is 9.90. The molecular formula is C66H45N3O3S3. The second kappa shape index (κ2) is 18.6. The number of rotatable bonds is 9. The van der Waals surface area contributed by atoms with E-state index in [1.807, 2.05) is 164 Å². The van der Waals surface area contributed by atoms with Crippen LogP contribution < -0.4 is 0 Å². The molecule has 3 unspecified atom stereocenters. The molecule has 0 saturated heterocycles. The number of nitrogens with zero attached hydrogens (tertiary/aromatic N) is 3. The molecule has 3 aliphatic heterocycles. The number of hydrogen-bond acceptors (Lipinski definition) is 6. The number of benzene rings is 10. The van der Waals surface area contributed by atoms with E-state index in [-0.39, 0.29) is 0 Å². The minimum Gasteiger partial charge on any atom is -0.239 e. The van der Waals surface area contributed by atoms with Gasteiger partial charge in [0.1, 0.15) is 29.2 Å². The summed E-state index contributed by atoms with van der Waals surface area (Å²) < 4.78 is 57.9. The summed E-state index contributed by atoms with van der Waals surface area (Å²) in [5.74, 6) is 0. The van der Waals surface area contributed by atoms with Crippen LogP contribution >= 0.6 is 0 Å². The van der Waals surface area contributed by atoms with Gasteiger partial charge in [0.25, 0.3) is 0 Å². The van der Waals surface area contributed by atoms with Crippen molar-refractivity contribution in [2.24, 2.45) is 13.1 Å². The molecule has 0 fully saturated rings. The third kappa shape index (κ3) is 8.04. The van der Waals surface area contributed by atoms with Gasteiger partial charge in [0.05, 0.1) is 29.4 Å². The van der Waals surface area contributed by atoms with Gasteiger partial charge < -0.3 is 0 Å². The quantitative estimate of drug-likeness (QED) is 0.144. The SMILES string of the molecule is O=S1(c2ccccc2)=NC=C(c2ccc(-c3cc(-c4ccc(C5=CN=S(=O)(c6ccccc6)c6ccccc65)cc4)cc(-c4ccc(C5=CN=S(=O)(c6ccccc6)c6ccccc65)cc4)c3)cc2)c2ccccc21. The first kappa shape index (κ1) is 46.1. The van der Waals surface area contributed by atoms with Crippen molar-refractivity contribution in [2.45, 2.75) is 29.4 Å². The van der Waals surface area contributed by atoms with E-state index in [9.17, 15) is 12.6 Å². The van der Waals surface area contributed by atoms with Crippen LogP contribution in [0.5, 0.6) is 0 Å². The molecule has 13 rings (SSSR count). The maximum Gasteiger partial charge on any atom is 0.109 e. The summed E-state index contributed by atoms with van der Waals surface area (Å²) >= 11 is 0. The number of fused-ring (bicyclic) bond motifs is 3. The molecule has 0 amide bonds. The van der Waals surface area contributed by atoms with Gasteiger partial charge in [-0.3, -0.25) is 0 Å². The summed E-state index contributed by atoms with van der Waals surface area (Å²) in [5.41, 5.74) is 14.6. The van der Waals surface area contributed by atoms with E-state index >= 15 is 0 Å². The Labute approximate surface area is 438 Å². The normalized spacial score (nSPS) is 19.3. The largest absolute Gasteiger partial charge is 0.239 e. The van der Waals surface area contributed by atoms with Crippen molar-refractivity contribution in [2.75, 3.05) is 0 Å². The molecule has 0 N–H and O–H groups in total. The predicted octanol–water partition coefficient (Wildman–Crippen LogP) is 16.6. The molecule has 0 bridgehead atoms. The second-order valence-electron chi connectivity index (χ2n) is 18.5. The minimum absolute atomic E-state index is 0.687. The average molecular weight is 1020 g/mol. The molecule has 75 heavy (non-hydrogen) atoms. The van der Waals surface area contributed by atoms with Crippen molar-refractivity contribution >= 4 is 45.9 Å². The monoisotopic (exact) mass is 1020 g/mol. The van der Waals surface area contributed by atoms with Crippen molar-refractivity contribution in [1.29, 1.82) is 0 Å². The highest BCUT2D eigenvalue weighted by molar-refractivity contribution is 7.94. The molecule has 3 atom stereocenters. The fourth-order valence-corrected chi connectivity index (χ4v) is 16.3. The standard InChI is InChI=1S/C66H45N3O3S3/c70-73(55-16-4-1-5-17-55)64-25-13-10-22-58(64)61(43-67-73)49-34-28-46(29-35-49)52-40-53(47-30-36-50(37-31-47)62-44-68-74(71,56-18-6-2-7-19-56)65-26-14-11-23-59(62)65)42-54(41-52)48-32-38-51(39-33-48)63-45-69-75(72,57-20-8-3-9-21-57)66-27-15-12-24-60(63)66/h1-45H. The zero-order valence-corrected chi connectivity index (χ0v) is 42.7. The molecule has 10 aromatic carbocycles. The van der Waals surface area contributed by atoms with Crippen LogP contribution in [-0.2, 0) is 29.2 Å². The summed E-state index contributed by atoms with van der Waals surface area (Å²) in [6.07, 6.45) is 5.32. The summed E-state index contributed by atoms with van der Waals surface area (Å²) in [6.45, 7) is 0. The number of hydrogen-bond donors (Lipinski definition) is 0. The van der Waals surface area contributed by atoms with Crippen LogP contribution in [0.4, 0.5) is 0 Å². The lowest BCUT2D eigenvalue weighted by Gasteiger charge is -2.21. The first-order chi connectivity index (χ1) is 36.8. The molecule has 0 saturated carbocycles. The van der Waals surface area contributed by atoms with Crippen molar-refractivity contribution < 1.29 is 12.6 Å². The van der Waals surface area contributed by atoms with Gasteiger partial charge in [-0.1, -0.05) is 182 Å². The van der Waals surface area contributed by atoms with Crippen LogP contribution in [0.1, 0.15) is 33.4 Å². The highest BCUT2D eigenvalue weighted by atomic mass is 32.2. The van der Waals surface area contributed by atoms with E-state index < -0.39 is 29.2 Å². The molecule has 0 aliphatic carbocycles. The zero-order valence-electron chi connectivity index (χ0n) is 40.3. The molecular weight excluding hydrogens is 979 g/mol. The molecule has 9 heteroatoms. The lowest BCUT2D eigenvalue weighted by Crippen LogP contribution is -2.09. The van der Waals surface area contributed by atoms with Crippen LogP contribution in [0.15, 0.2) is 316 Å². The van der Waals surface area contributed by atoms with Gasteiger partial charge in [0.2, 0.25) is 0 Å². The smallest absolute Gasteiger partial charge is 0.109 e. The van der Waals surface area contributed by atoms with E-state index in [4.69, 9.17) is 13.1 Å². The van der Waals surface area contributed by atoms with Crippen LogP contribution in [0, 0.1) is 0 Å². The van der Waals surface area contributed by atoms with Gasteiger partial charge in [0.15, 0.2) is 0 Å². The maximum absolute atomic E-state index is 14.5. The highest BCUT2D eigenvalue weighted by Gasteiger charge is 2.28. The third-order valence-corrected chi connectivity index (χ3v) is 20.9. The van der Waals surface area contributed by atoms with Crippen molar-refractivity contribution in [3.05, 3.63) is 307 Å². The Hall–Kier alpha value is -8.73. The van der Waals surface area contributed by atoms with Gasteiger partial charge >= 0.3 is 0 Å². The van der Waals surface area contributed by atoms with Crippen LogP contribution in [-0.4, -0.2) is 12.6 Å². The maximum atomic E-state index is 14.5. The molecule has 360 valence electrons. The van der Waals surface area contributed by atoms with Gasteiger partial charge in [-0.05, 0) is 123 Å². The van der Waals surface area contributed by atoms with Crippen LogP contribution in [0.25, 0.3) is 50.1 Å². The topological polar surface area (TPSA) is 88.3 Å². The third-order valence-electron chi connectivity index (χ3n) is 14.1. The minimum atomic E-state index is -2.85. The zero-order chi connectivity index (χ0) is 50.6. The molecule has 10 aromatic rings. The van der Waals surface area contributed by atoms with E-state index in [2.05, 4.69) is 91.0 Å². The van der Waals surface area contributed by atoms with Gasteiger partial charge in [-0.25, -0.2) is 12.6 Å². The molecule has 0 spiro atoms. The fourth-order valence-electron chi connectivity index (χ4n) is 10.3. The Morgan fingerprint density at radius 1 is 0.227 bits per heavy atom. The first-order valence-corrected chi connectivity index (χ1v) is 29.1. The Kier molecular flexibility index (Phi) is 11.5. The molecule has 3 aliphatic rings. The van der Waals surface area contributed by atoms with E-state index in [0.29, 0.717) is 29.4 Å². The summed E-state index contributed by atoms with van der Waals surface area (Å²) in [7, 11) is -8.54. The lowest BCUT2D eigenvalue weighted by molar-refractivity contribution is 0.675. The van der Waals surface area contributed by atoms with Crippen molar-refractivity contribution in [3.63, 3.8) is 0 Å². The Morgan fingerprint density at radius 3 is 0.720 bits per heavy atom. The summed E-state index contributed by atoms with van der Waals surface area (Å²) in [6, 6.07) is 84.3. The Morgan fingerprint density at radius 2 is 0.453 bits per heavy atom.